The molecule has 6 N–H and O–H groups in total. The largest absolute Gasteiger partial charge is 0.481 e. The van der Waals surface area contributed by atoms with E-state index in [0.717, 1.165) is 10.6 Å². The SMILES string of the molecule is O=c1ccn([C@@H]2O[C@H](COP(=O)(O)OP(=O)(O)O)[C@@H](O)[C@H]2O)c(=S)[nH]1. The van der Waals surface area contributed by atoms with E-state index in [2.05, 4.69) is 13.8 Å². The van der Waals surface area contributed by atoms with Crippen molar-refractivity contribution >= 4 is 27.9 Å². The van der Waals surface area contributed by atoms with E-state index in [4.69, 9.17) is 26.7 Å². The second-order valence-corrected chi connectivity index (χ2v) is 8.12. The van der Waals surface area contributed by atoms with Gasteiger partial charge in [-0.15, -0.1) is 0 Å². The molecule has 0 bridgehead atoms. The Morgan fingerprint density at radius 2 is 1.92 bits per heavy atom. The van der Waals surface area contributed by atoms with Crippen LogP contribution in [-0.4, -0.2) is 59.4 Å². The zero-order chi connectivity index (χ0) is 19.0. The summed E-state index contributed by atoms with van der Waals surface area (Å²) in [7, 11) is -10.4. The van der Waals surface area contributed by atoms with E-state index in [-0.39, 0.29) is 4.77 Å². The maximum Gasteiger partial charge on any atom is 0.481 e. The van der Waals surface area contributed by atoms with Gasteiger partial charge in [-0.05, 0) is 12.2 Å². The zero-order valence-corrected chi connectivity index (χ0v) is 14.7. The van der Waals surface area contributed by atoms with Gasteiger partial charge >= 0.3 is 15.6 Å². The Kier molecular flexibility index (Phi) is 6.14. The van der Waals surface area contributed by atoms with Gasteiger partial charge in [0.1, 0.15) is 18.3 Å². The number of phosphoric ester groups is 1. The van der Waals surface area contributed by atoms with Crippen LogP contribution in [0.2, 0.25) is 0 Å². The lowest BCUT2D eigenvalue weighted by atomic mass is 10.1. The van der Waals surface area contributed by atoms with E-state index >= 15 is 0 Å². The van der Waals surface area contributed by atoms with Crippen molar-refractivity contribution in [1.82, 2.24) is 9.55 Å². The lowest BCUT2D eigenvalue weighted by Gasteiger charge is -2.18. The molecule has 16 heteroatoms. The summed E-state index contributed by atoms with van der Waals surface area (Å²) in [6, 6.07) is 1.10. The van der Waals surface area contributed by atoms with Crippen molar-refractivity contribution in [3.05, 3.63) is 27.4 Å². The number of rotatable bonds is 6. The van der Waals surface area contributed by atoms with Gasteiger partial charge in [0.15, 0.2) is 11.0 Å². The number of hydrogen-bond donors (Lipinski definition) is 6. The Balaban J connectivity index is 2.09. The van der Waals surface area contributed by atoms with E-state index in [1.165, 1.54) is 6.20 Å². The van der Waals surface area contributed by atoms with Crippen LogP contribution in [0.25, 0.3) is 0 Å². The first-order valence-corrected chi connectivity index (χ1v) is 9.90. The van der Waals surface area contributed by atoms with Crippen molar-refractivity contribution in [1.29, 1.82) is 0 Å². The second kappa shape index (κ2) is 7.47. The lowest BCUT2D eigenvalue weighted by Crippen LogP contribution is -2.34. The van der Waals surface area contributed by atoms with Crippen LogP contribution < -0.4 is 5.56 Å². The van der Waals surface area contributed by atoms with E-state index < -0.39 is 52.4 Å². The van der Waals surface area contributed by atoms with Gasteiger partial charge in [-0.3, -0.25) is 18.9 Å². The van der Waals surface area contributed by atoms with E-state index in [0.29, 0.717) is 0 Å². The minimum absolute atomic E-state index is 0.108. The summed E-state index contributed by atoms with van der Waals surface area (Å²) in [5.41, 5.74) is -0.495. The summed E-state index contributed by atoms with van der Waals surface area (Å²) < 4.78 is 36.2. The van der Waals surface area contributed by atoms with Crippen LogP contribution in [-0.2, 0) is 22.7 Å². The molecule has 2 rings (SSSR count). The first-order valence-electron chi connectivity index (χ1n) is 6.47. The average Bonchev–Trinajstić information content (AvgIpc) is 2.71. The smallest absolute Gasteiger partial charge is 0.387 e. The molecular weight excluding hydrogens is 406 g/mol. The number of phosphoric acid groups is 2. The predicted octanol–water partition coefficient (Wildman–Crippen LogP) is -1.25. The lowest BCUT2D eigenvalue weighted by molar-refractivity contribution is -0.0533. The van der Waals surface area contributed by atoms with Gasteiger partial charge in [-0.1, -0.05) is 0 Å². The average molecular weight is 420 g/mol. The number of ether oxygens (including phenoxy) is 1. The molecule has 13 nitrogen and oxygen atoms in total. The number of aromatic amines is 1. The van der Waals surface area contributed by atoms with Crippen molar-refractivity contribution in [3.63, 3.8) is 0 Å². The molecule has 1 aromatic heterocycles. The van der Waals surface area contributed by atoms with Gasteiger partial charge in [0, 0.05) is 12.3 Å². The molecule has 0 aromatic carbocycles. The minimum Gasteiger partial charge on any atom is -0.387 e. The molecule has 0 spiro atoms. The summed E-state index contributed by atoms with van der Waals surface area (Å²) in [5, 5.41) is 19.9. The van der Waals surface area contributed by atoms with Gasteiger partial charge in [-0.25, -0.2) is 9.13 Å². The highest BCUT2D eigenvalue weighted by molar-refractivity contribution is 7.71. The van der Waals surface area contributed by atoms with Crippen molar-refractivity contribution < 1.29 is 47.6 Å². The van der Waals surface area contributed by atoms with E-state index in [9.17, 15) is 29.0 Å². The Bertz CT molecular complexity index is 833. The van der Waals surface area contributed by atoms with E-state index in [1.54, 1.807) is 0 Å². The molecule has 1 saturated heterocycles. The van der Waals surface area contributed by atoms with Crippen LogP contribution >= 0.6 is 27.9 Å². The Morgan fingerprint density at radius 1 is 1.28 bits per heavy atom. The van der Waals surface area contributed by atoms with Gasteiger partial charge < -0.3 is 29.6 Å². The van der Waals surface area contributed by atoms with Crippen LogP contribution in [0.4, 0.5) is 0 Å². The third-order valence-electron chi connectivity index (χ3n) is 3.07. The van der Waals surface area contributed by atoms with Crippen molar-refractivity contribution in [2.75, 3.05) is 6.61 Å². The second-order valence-electron chi connectivity index (χ2n) is 4.90. The van der Waals surface area contributed by atoms with Crippen molar-refractivity contribution in [2.45, 2.75) is 24.5 Å². The fourth-order valence-electron chi connectivity index (χ4n) is 2.05. The summed E-state index contributed by atoms with van der Waals surface area (Å²) in [5.74, 6) is 0. The molecule has 1 aliphatic rings. The maximum absolute atomic E-state index is 11.4. The van der Waals surface area contributed by atoms with Crippen LogP contribution in [0.5, 0.6) is 0 Å². The van der Waals surface area contributed by atoms with Gasteiger partial charge in [0.25, 0.3) is 5.56 Å². The Morgan fingerprint density at radius 3 is 2.48 bits per heavy atom. The molecule has 5 atom stereocenters. The molecule has 1 unspecified atom stereocenters. The normalized spacial score (nSPS) is 29.5. The van der Waals surface area contributed by atoms with Gasteiger partial charge in [0.2, 0.25) is 0 Å². The van der Waals surface area contributed by atoms with Crippen molar-refractivity contribution in [3.8, 4) is 0 Å². The molecule has 1 fully saturated rings. The molecule has 1 aliphatic heterocycles. The molecule has 0 saturated carbocycles. The molecular formula is C9H14N2O11P2S. The number of hydrogen-bond acceptors (Lipinski definition) is 9. The Hall–Kier alpha value is -0.760. The van der Waals surface area contributed by atoms with Gasteiger partial charge in [-0.2, -0.15) is 4.31 Å². The fourth-order valence-corrected chi connectivity index (χ4v) is 3.91. The summed E-state index contributed by atoms with van der Waals surface area (Å²) in [6.45, 7) is -0.834. The number of nitrogens with one attached hydrogen (secondary N) is 1. The first kappa shape index (κ1) is 20.6. The maximum atomic E-state index is 11.4. The molecule has 2 heterocycles. The number of H-pyrrole nitrogens is 1. The molecule has 142 valence electrons. The predicted molar refractivity (Wildman–Crippen MR) is 80.7 cm³/mol. The molecule has 0 amide bonds. The third kappa shape index (κ3) is 5.36. The number of aliphatic hydroxyl groups excluding tert-OH is 2. The topological polar surface area (TPSA) is 201 Å². The molecule has 0 aliphatic carbocycles. The fraction of sp³-hybridized carbons (Fsp3) is 0.556. The Labute approximate surface area is 144 Å². The van der Waals surface area contributed by atoms with Crippen LogP contribution in [0.3, 0.4) is 0 Å². The molecule has 1 aromatic rings. The number of aromatic nitrogens is 2. The summed E-state index contributed by atoms with van der Waals surface area (Å²) in [4.78, 5) is 39.6. The quantitative estimate of drug-likeness (QED) is 0.236. The first-order chi connectivity index (χ1) is 11.4. The van der Waals surface area contributed by atoms with Crippen molar-refractivity contribution in [2.24, 2.45) is 0 Å². The number of aliphatic hydroxyl groups is 2. The van der Waals surface area contributed by atoms with Gasteiger partial charge in [0.05, 0.1) is 6.61 Å². The monoisotopic (exact) mass is 420 g/mol. The third-order valence-corrected chi connectivity index (χ3v) is 5.54. The number of nitrogens with zero attached hydrogens (tertiary/aromatic N) is 1. The zero-order valence-electron chi connectivity index (χ0n) is 12.1. The molecule has 25 heavy (non-hydrogen) atoms. The highest BCUT2D eigenvalue weighted by Crippen LogP contribution is 2.57. The van der Waals surface area contributed by atoms with Crippen LogP contribution in [0.15, 0.2) is 17.1 Å². The van der Waals surface area contributed by atoms with Crippen LogP contribution in [0, 0.1) is 4.77 Å². The highest BCUT2D eigenvalue weighted by atomic mass is 32.1. The highest BCUT2D eigenvalue weighted by Gasteiger charge is 2.45. The molecule has 0 radical (unpaired) electrons. The standard InChI is InChI=1S/C9H14N2O11P2S/c12-5-1-2-11(9(25)10-5)8-7(14)6(13)4(21-8)3-20-24(18,19)22-23(15,16)17/h1-2,4,6-8,13-14H,3H2,(H,18,19)(H,10,12,25)(H2,15,16,17)/t4-,6-,7-,8-/m1/s1. The van der Waals surface area contributed by atoms with Crippen LogP contribution in [0.1, 0.15) is 6.23 Å². The summed E-state index contributed by atoms with van der Waals surface area (Å²) in [6.07, 6.45) is -4.51. The van der Waals surface area contributed by atoms with E-state index in [1.807, 2.05) is 0 Å². The minimum atomic E-state index is -5.29. The summed E-state index contributed by atoms with van der Waals surface area (Å²) >= 11 is 4.90.